The van der Waals surface area contributed by atoms with Gasteiger partial charge in [-0.15, -0.1) is 0 Å². The van der Waals surface area contributed by atoms with Crippen molar-refractivity contribution < 1.29 is 14.3 Å². The van der Waals surface area contributed by atoms with Gasteiger partial charge in [0.15, 0.2) is 11.5 Å². The average molecular weight is 329 g/mol. The SMILES string of the molecule is CC(CN)N(C)C(=O)c1cc(Br)c2c(c1)OCCO2. The van der Waals surface area contributed by atoms with Gasteiger partial charge in [-0.2, -0.15) is 0 Å². The molecule has 0 saturated heterocycles. The van der Waals surface area contributed by atoms with Crippen LogP contribution in [0.25, 0.3) is 0 Å². The highest BCUT2D eigenvalue weighted by Crippen LogP contribution is 2.38. The number of hydrogen-bond acceptors (Lipinski definition) is 4. The molecule has 1 aliphatic heterocycles. The Balaban J connectivity index is 2.30. The maximum atomic E-state index is 12.3. The number of benzene rings is 1. The van der Waals surface area contributed by atoms with Crippen molar-refractivity contribution in [3.8, 4) is 11.5 Å². The molecule has 0 spiro atoms. The van der Waals surface area contributed by atoms with Crippen LogP contribution in [-0.2, 0) is 0 Å². The summed E-state index contributed by atoms with van der Waals surface area (Å²) in [7, 11) is 1.74. The highest BCUT2D eigenvalue weighted by Gasteiger charge is 2.22. The molecule has 2 rings (SSSR count). The third kappa shape index (κ3) is 2.84. The van der Waals surface area contributed by atoms with Crippen molar-refractivity contribution in [3.63, 3.8) is 0 Å². The summed E-state index contributed by atoms with van der Waals surface area (Å²) in [6.07, 6.45) is 0. The van der Waals surface area contributed by atoms with Crippen LogP contribution >= 0.6 is 15.9 Å². The molecule has 2 N–H and O–H groups in total. The van der Waals surface area contributed by atoms with Gasteiger partial charge in [0.2, 0.25) is 0 Å². The number of carbonyl (C=O) groups is 1. The highest BCUT2D eigenvalue weighted by atomic mass is 79.9. The molecular formula is C13H17BrN2O3. The van der Waals surface area contributed by atoms with Crippen LogP contribution in [-0.4, -0.2) is 43.7 Å². The van der Waals surface area contributed by atoms with Gasteiger partial charge in [-0.1, -0.05) is 0 Å². The van der Waals surface area contributed by atoms with Crippen LogP contribution in [0, 0.1) is 0 Å². The third-order valence-corrected chi connectivity index (χ3v) is 3.76. The van der Waals surface area contributed by atoms with Gasteiger partial charge < -0.3 is 20.1 Å². The van der Waals surface area contributed by atoms with Crippen molar-refractivity contribution in [2.24, 2.45) is 5.73 Å². The summed E-state index contributed by atoms with van der Waals surface area (Å²) < 4.78 is 11.7. The fourth-order valence-electron chi connectivity index (χ4n) is 1.80. The zero-order valence-corrected chi connectivity index (χ0v) is 12.6. The van der Waals surface area contributed by atoms with Crippen molar-refractivity contribution in [3.05, 3.63) is 22.2 Å². The molecule has 0 aliphatic carbocycles. The lowest BCUT2D eigenvalue weighted by Crippen LogP contribution is -2.39. The fraction of sp³-hybridized carbons (Fsp3) is 0.462. The molecule has 0 saturated carbocycles. The molecule has 0 bridgehead atoms. The van der Waals surface area contributed by atoms with Crippen molar-refractivity contribution in [1.82, 2.24) is 4.90 Å². The van der Waals surface area contributed by atoms with Crippen molar-refractivity contribution in [1.29, 1.82) is 0 Å². The van der Waals surface area contributed by atoms with E-state index in [1.807, 2.05) is 6.92 Å². The van der Waals surface area contributed by atoms with Gasteiger partial charge in [-0.3, -0.25) is 4.79 Å². The summed E-state index contributed by atoms with van der Waals surface area (Å²) in [5.41, 5.74) is 6.14. The van der Waals surface area contributed by atoms with Crippen LogP contribution in [0.5, 0.6) is 11.5 Å². The van der Waals surface area contributed by atoms with E-state index in [-0.39, 0.29) is 11.9 Å². The van der Waals surface area contributed by atoms with Crippen LogP contribution < -0.4 is 15.2 Å². The molecular weight excluding hydrogens is 312 g/mol. The van der Waals surface area contributed by atoms with Gasteiger partial charge in [0.05, 0.1) is 4.47 Å². The van der Waals surface area contributed by atoms with E-state index in [9.17, 15) is 4.79 Å². The van der Waals surface area contributed by atoms with E-state index in [0.717, 1.165) is 4.47 Å². The molecule has 0 fully saturated rings. The van der Waals surface area contributed by atoms with Crippen LogP contribution in [0.2, 0.25) is 0 Å². The van der Waals surface area contributed by atoms with Crippen molar-refractivity contribution in [2.45, 2.75) is 13.0 Å². The molecule has 1 aromatic rings. The van der Waals surface area contributed by atoms with Crippen LogP contribution in [0.15, 0.2) is 16.6 Å². The number of nitrogens with zero attached hydrogens (tertiary/aromatic N) is 1. The largest absolute Gasteiger partial charge is 0.486 e. The number of halogens is 1. The second-order valence-electron chi connectivity index (χ2n) is 4.48. The molecule has 19 heavy (non-hydrogen) atoms. The minimum absolute atomic E-state index is 0.0144. The van der Waals surface area contributed by atoms with Gasteiger partial charge in [0.1, 0.15) is 13.2 Å². The third-order valence-electron chi connectivity index (χ3n) is 3.17. The quantitative estimate of drug-likeness (QED) is 0.916. The van der Waals surface area contributed by atoms with E-state index >= 15 is 0 Å². The summed E-state index contributed by atoms with van der Waals surface area (Å²) in [6.45, 7) is 3.34. The van der Waals surface area contributed by atoms with Gasteiger partial charge in [0.25, 0.3) is 5.91 Å². The van der Waals surface area contributed by atoms with E-state index < -0.39 is 0 Å². The number of nitrogens with two attached hydrogens (primary N) is 1. The Morgan fingerprint density at radius 1 is 1.47 bits per heavy atom. The zero-order valence-electron chi connectivity index (χ0n) is 11.0. The lowest BCUT2D eigenvalue weighted by atomic mass is 10.1. The standard InChI is InChI=1S/C13H17BrN2O3/c1-8(7-15)16(2)13(17)9-5-10(14)12-11(6-9)18-3-4-19-12/h5-6,8H,3-4,7,15H2,1-2H3. The smallest absolute Gasteiger partial charge is 0.254 e. The zero-order chi connectivity index (χ0) is 14.0. The maximum absolute atomic E-state index is 12.3. The first kappa shape index (κ1) is 14.1. The summed E-state index contributed by atoms with van der Waals surface area (Å²) in [5, 5.41) is 0. The first-order valence-corrected chi connectivity index (χ1v) is 6.90. The number of amides is 1. The predicted octanol–water partition coefficient (Wildman–Crippen LogP) is 1.64. The number of carbonyl (C=O) groups excluding carboxylic acids is 1. The predicted molar refractivity (Wildman–Crippen MR) is 75.7 cm³/mol. The molecule has 0 aromatic heterocycles. The van der Waals surface area contributed by atoms with Crippen molar-refractivity contribution in [2.75, 3.05) is 26.8 Å². The Morgan fingerprint density at radius 2 is 2.16 bits per heavy atom. The minimum Gasteiger partial charge on any atom is -0.486 e. The first-order valence-electron chi connectivity index (χ1n) is 6.11. The second kappa shape index (κ2) is 5.79. The van der Waals surface area contributed by atoms with Crippen LogP contribution in [0.4, 0.5) is 0 Å². The first-order chi connectivity index (χ1) is 9.04. The fourth-order valence-corrected chi connectivity index (χ4v) is 2.35. The van der Waals surface area contributed by atoms with Gasteiger partial charge >= 0.3 is 0 Å². The van der Waals surface area contributed by atoms with E-state index in [2.05, 4.69) is 15.9 Å². The van der Waals surface area contributed by atoms with Crippen LogP contribution in [0.3, 0.4) is 0 Å². The lowest BCUT2D eigenvalue weighted by Gasteiger charge is -2.25. The van der Waals surface area contributed by atoms with Crippen LogP contribution in [0.1, 0.15) is 17.3 Å². The Kier molecular flexibility index (Phi) is 4.31. The van der Waals surface area contributed by atoms with E-state index in [1.54, 1.807) is 24.1 Å². The number of hydrogen-bond donors (Lipinski definition) is 1. The molecule has 104 valence electrons. The van der Waals surface area contributed by atoms with E-state index in [0.29, 0.717) is 36.8 Å². The molecule has 1 aliphatic rings. The average Bonchev–Trinajstić information content (AvgIpc) is 2.44. The maximum Gasteiger partial charge on any atom is 0.254 e. The highest BCUT2D eigenvalue weighted by molar-refractivity contribution is 9.10. The molecule has 1 atom stereocenters. The normalized spacial score (nSPS) is 14.9. The summed E-state index contributed by atoms with van der Waals surface area (Å²) >= 11 is 3.40. The minimum atomic E-state index is -0.0874. The van der Waals surface area contributed by atoms with Crippen molar-refractivity contribution >= 4 is 21.8 Å². The number of rotatable bonds is 3. The van der Waals surface area contributed by atoms with Gasteiger partial charge in [0, 0.05) is 25.2 Å². The molecule has 1 amide bonds. The molecule has 0 radical (unpaired) electrons. The topological polar surface area (TPSA) is 64.8 Å². The molecule has 1 heterocycles. The van der Waals surface area contributed by atoms with E-state index in [1.165, 1.54) is 0 Å². The summed E-state index contributed by atoms with van der Waals surface area (Å²) in [6, 6.07) is 3.44. The summed E-state index contributed by atoms with van der Waals surface area (Å²) in [5.74, 6) is 1.16. The lowest BCUT2D eigenvalue weighted by molar-refractivity contribution is 0.0747. The molecule has 1 unspecified atom stereocenters. The Morgan fingerprint density at radius 3 is 2.84 bits per heavy atom. The summed E-state index contributed by atoms with van der Waals surface area (Å²) in [4.78, 5) is 14.0. The number of ether oxygens (including phenoxy) is 2. The Labute approximate surface area is 120 Å². The number of likely N-dealkylation sites (N-methyl/N-ethyl adjacent to an activating group) is 1. The monoisotopic (exact) mass is 328 g/mol. The second-order valence-corrected chi connectivity index (χ2v) is 5.34. The molecule has 1 aromatic carbocycles. The number of fused-ring (bicyclic) bond motifs is 1. The Hall–Kier alpha value is -1.27. The molecule has 6 heteroatoms. The molecule has 5 nitrogen and oxygen atoms in total. The van der Waals surface area contributed by atoms with E-state index in [4.69, 9.17) is 15.2 Å². The van der Waals surface area contributed by atoms with Gasteiger partial charge in [-0.25, -0.2) is 0 Å². The van der Waals surface area contributed by atoms with Gasteiger partial charge in [-0.05, 0) is 35.0 Å². The Bertz CT molecular complexity index is 493.